The van der Waals surface area contributed by atoms with Gasteiger partial charge < -0.3 is 0 Å². The first-order chi connectivity index (χ1) is 9.68. The Labute approximate surface area is 137 Å². The monoisotopic (exact) mass is 392 g/mol. The molecular formula is C18H14ClI. The van der Waals surface area contributed by atoms with Crippen molar-refractivity contribution >= 4 is 45.0 Å². The number of halogens is 2. The van der Waals surface area contributed by atoms with E-state index in [4.69, 9.17) is 11.6 Å². The van der Waals surface area contributed by atoms with Crippen molar-refractivity contribution in [1.82, 2.24) is 0 Å². The van der Waals surface area contributed by atoms with Gasteiger partial charge in [0.15, 0.2) is 0 Å². The van der Waals surface area contributed by atoms with Gasteiger partial charge in [0.25, 0.3) is 0 Å². The molecule has 0 bridgehead atoms. The van der Waals surface area contributed by atoms with Crippen LogP contribution in [0, 0.1) is 10.5 Å². The second-order valence-electron chi connectivity index (χ2n) is 4.90. The summed E-state index contributed by atoms with van der Waals surface area (Å²) < 4.78 is 1.20. The molecule has 3 rings (SSSR count). The number of alkyl halides is 1. The van der Waals surface area contributed by atoms with Crippen LogP contribution in [-0.2, 0) is 0 Å². The molecule has 0 radical (unpaired) electrons. The smallest absolute Gasteiger partial charge is 0.0851 e. The topological polar surface area (TPSA) is 0 Å². The standard InChI is InChI=1S/C18H14ClI/c1-12-10-11-15(14-7-3-2-6-13(12)14)18(19)16-8-4-5-9-17(16)20/h2-11,18H,1H3. The fourth-order valence-corrected chi connectivity index (χ4v) is 3.81. The Hall–Kier alpha value is -1.06. The molecule has 1 atom stereocenters. The Kier molecular flexibility index (Phi) is 3.99. The van der Waals surface area contributed by atoms with E-state index in [-0.39, 0.29) is 5.38 Å². The zero-order valence-corrected chi connectivity index (χ0v) is 14.0. The van der Waals surface area contributed by atoms with E-state index in [0.717, 1.165) is 0 Å². The Morgan fingerprint density at radius 2 is 1.45 bits per heavy atom. The highest BCUT2D eigenvalue weighted by atomic mass is 127. The highest BCUT2D eigenvalue weighted by Gasteiger charge is 2.16. The lowest BCUT2D eigenvalue weighted by Gasteiger charge is -2.16. The minimum absolute atomic E-state index is 0.117. The summed E-state index contributed by atoms with van der Waals surface area (Å²) in [7, 11) is 0. The lowest BCUT2D eigenvalue weighted by molar-refractivity contribution is 1.14. The first-order valence-corrected chi connectivity index (χ1v) is 8.07. The van der Waals surface area contributed by atoms with Crippen molar-refractivity contribution in [2.24, 2.45) is 0 Å². The Morgan fingerprint density at radius 3 is 2.20 bits per heavy atom. The van der Waals surface area contributed by atoms with Crippen LogP contribution in [-0.4, -0.2) is 0 Å². The normalized spacial score (nSPS) is 12.6. The van der Waals surface area contributed by atoms with Crippen molar-refractivity contribution in [3.63, 3.8) is 0 Å². The average molecular weight is 393 g/mol. The molecule has 20 heavy (non-hydrogen) atoms. The largest absolute Gasteiger partial charge is 0.113 e. The van der Waals surface area contributed by atoms with E-state index in [2.05, 4.69) is 78.0 Å². The van der Waals surface area contributed by atoms with Gasteiger partial charge in [0.2, 0.25) is 0 Å². The van der Waals surface area contributed by atoms with E-state index in [1.165, 1.54) is 31.0 Å². The number of fused-ring (bicyclic) bond motifs is 1. The van der Waals surface area contributed by atoms with Gasteiger partial charge in [0.05, 0.1) is 5.38 Å². The third kappa shape index (κ3) is 2.45. The zero-order chi connectivity index (χ0) is 14.1. The van der Waals surface area contributed by atoms with Crippen molar-refractivity contribution in [3.05, 3.63) is 80.9 Å². The predicted molar refractivity (Wildman–Crippen MR) is 95.5 cm³/mol. The van der Waals surface area contributed by atoms with Gasteiger partial charge in [0, 0.05) is 3.57 Å². The number of aryl methyl sites for hydroxylation is 1. The van der Waals surface area contributed by atoms with Crippen LogP contribution in [0.15, 0.2) is 60.7 Å². The molecule has 0 aliphatic heterocycles. The van der Waals surface area contributed by atoms with Crippen molar-refractivity contribution in [2.75, 3.05) is 0 Å². The molecule has 3 aromatic rings. The summed E-state index contributed by atoms with van der Waals surface area (Å²) in [6, 6.07) is 21.1. The van der Waals surface area contributed by atoms with Gasteiger partial charge >= 0.3 is 0 Å². The van der Waals surface area contributed by atoms with Gasteiger partial charge in [0.1, 0.15) is 0 Å². The van der Waals surface area contributed by atoms with E-state index in [0.29, 0.717) is 0 Å². The molecule has 3 aromatic carbocycles. The highest BCUT2D eigenvalue weighted by Crippen LogP contribution is 2.36. The van der Waals surface area contributed by atoms with Gasteiger partial charge in [-0.3, -0.25) is 0 Å². The van der Waals surface area contributed by atoms with Crippen molar-refractivity contribution in [1.29, 1.82) is 0 Å². The molecule has 0 fully saturated rings. The zero-order valence-electron chi connectivity index (χ0n) is 11.1. The molecular weight excluding hydrogens is 379 g/mol. The van der Waals surface area contributed by atoms with E-state index >= 15 is 0 Å². The van der Waals surface area contributed by atoms with Gasteiger partial charge in [-0.2, -0.15) is 0 Å². The van der Waals surface area contributed by atoms with Crippen LogP contribution in [0.1, 0.15) is 22.1 Å². The summed E-state index contributed by atoms with van der Waals surface area (Å²) in [5.74, 6) is 0. The SMILES string of the molecule is Cc1ccc(C(Cl)c2ccccc2I)c2ccccc12. The quantitative estimate of drug-likeness (QED) is 0.366. The number of hydrogen-bond acceptors (Lipinski definition) is 0. The molecule has 2 heteroatoms. The second-order valence-corrected chi connectivity index (χ2v) is 6.50. The third-order valence-corrected chi connectivity index (χ3v) is 5.08. The molecule has 0 saturated carbocycles. The maximum atomic E-state index is 6.76. The van der Waals surface area contributed by atoms with E-state index in [9.17, 15) is 0 Å². The molecule has 0 saturated heterocycles. The van der Waals surface area contributed by atoms with Crippen LogP contribution < -0.4 is 0 Å². The summed E-state index contributed by atoms with van der Waals surface area (Å²) in [5, 5.41) is 2.40. The van der Waals surface area contributed by atoms with Crippen molar-refractivity contribution in [3.8, 4) is 0 Å². The summed E-state index contributed by atoms with van der Waals surface area (Å²) >= 11 is 9.11. The number of rotatable bonds is 2. The fraction of sp³-hybridized carbons (Fsp3) is 0.111. The minimum Gasteiger partial charge on any atom is -0.113 e. The van der Waals surface area contributed by atoms with E-state index in [1.807, 2.05) is 12.1 Å². The molecule has 0 amide bonds. The maximum absolute atomic E-state index is 6.76. The van der Waals surface area contributed by atoms with Gasteiger partial charge in [-0.15, -0.1) is 11.6 Å². The molecule has 0 aromatic heterocycles. The summed E-state index contributed by atoms with van der Waals surface area (Å²) in [6.45, 7) is 2.14. The number of benzene rings is 3. The van der Waals surface area contributed by atoms with Crippen molar-refractivity contribution in [2.45, 2.75) is 12.3 Å². The first kappa shape index (κ1) is 13.9. The number of hydrogen-bond donors (Lipinski definition) is 0. The molecule has 0 spiro atoms. The Bertz CT molecular complexity index is 764. The van der Waals surface area contributed by atoms with Crippen LogP contribution in [0.2, 0.25) is 0 Å². The molecule has 1 unspecified atom stereocenters. The molecule has 0 heterocycles. The van der Waals surface area contributed by atoms with Crippen LogP contribution in [0.25, 0.3) is 10.8 Å². The fourth-order valence-electron chi connectivity index (χ4n) is 2.54. The van der Waals surface area contributed by atoms with Crippen LogP contribution in [0.5, 0.6) is 0 Å². The predicted octanol–water partition coefficient (Wildman–Crippen LogP) is 6.08. The summed E-state index contributed by atoms with van der Waals surface area (Å²) in [5.41, 5.74) is 3.64. The second kappa shape index (κ2) is 5.74. The summed E-state index contributed by atoms with van der Waals surface area (Å²) in [6.07, 6.45) is 0. The minimum atomic E-state index is -0.117. The molecule has 100 valence electrons. The van der Waals surface area contributed by atoms with Crippen LogP contribution in [0.3, 0.4) is 0 Å². The Balaban J connectivity index is 2.20. The lowest BCUT2D eigenvalue weighted by atomic mass is 9.95. The lowest BCUT2D eigenvalue weighted by Crippen LogP contribution is -1.97. The molecule has 0 aliphatic carbocycles. The van der Waals surface area contributed by atoms with Gasteiger partial charge in [-0.25, -0.2) is 0 Å². The highest BCUT2D eigenvalue weighted by molar-refractivity contribution is 14.1. The first-order valence-electron chi connectivity index (χ1n) is 6.55. The van der Waals surface area contributed by atoms with Crippen LogP contribution >= 0.6 is 34.2 Å². The molecule has 0 aliphatic rings. The van der Waals surface area contributed by atoms with Gasteiger partial charge in [-0.05, 0) is 63.0 Å². The third-order valence-electron chi connectivity index (χ3n) is 3.63. The molecule has 0 N–H and O–H groups in total. The Morgan fingerprint density at radius 1 is 0.800 bits per heavy atom. The summed E-state index contributed by atoms with van der Waals surface area (Å²) in [4.78, 5) is 0. The maximum Gasteiger partial charge on any atom is 0.0851 e. The van der Waals surface area contributed by atoms with Crippen LogP contribution in [0.4, 0.5) is 0 Å². The van der Waals surface area contributed by atoms with Gasteiger partial charge in [-0.1, -0.05) is 54.6 Å². The molecule has 0 nitrogen and oxygen atoms in total. The van der Waals surface area contributed by atoms with E-state index in [1.54, 1.807) is 0 Å². The van der Waals surface area contributed by atoms with Crippen molar-refractivity contribution < 1.29 is 0 Å². The van der Waals surface area contributed by atoms with E-state index < -0.39 is 0 Å². The average Bonchev–Trinajstić information content (AvgIpc) is 2.48.